The Morgan fingerprint density at radius 3 is 2.97 bits per heavy atom. The number of benzene rings is 1. The Hall–Kier alpha value is -2.49. The van der Waals surface area contributed by atoms with E-state index in [0.29, 0.717) is 11.4 Å². The van der Waals surface area contributed by atoms with Crippen molar-refractivity contribution < 1.29 is 9.13 Å². The molecule has 0 bridgehead atoms. The normalized spacial score (nSPS) is 16.4. The predicted molar refractivity (Wildman–Crippen MR) is 115 cm³/mol. The highest BCUT2D eigenvalue weighted by molar-refractivity contribution is 7.98. The second-order valence-electron chi connectivity index (χ2n) is 7.05. The Labute approximate surface area is 181 Å². The van der Waals surface area contributed by atoms with Crippen LogP contribution in [0.15, 0.2) is 59.2 Å². The zero-order chi connectivity index (χ0) is 20.3. The molecule has 3 aromatic heterocycles. The van der Waals surface area contributed by atoms with Crippen LogP contribution in [0.2, 0.25) is 0 Å². The third-order valence-corrected chi connectivity index (χ3v) is 6.80. The molecule has 0 spiro atoms. The van der Waals surface area contributed by atoms with Gasteiger partial charge in [-0.25, -0.2) is 9.07 Å². The van der Waals surface area contributed by atoms with Gasteiger partial charge in [0.05, 0.1) is 28.9 Å². The van der Waals surface area contributed by atoms with Crippen molar-refractivity contribution in [3.05, 3.63) is 65.6 Å². The van der Waals surface area contributed by atoms with Gasteiger partial charge in [0, 0.05) is 18.6 Å². The molecule has 30 heavy (non-hydrogen) atoms. The predicted octanol–water partition coefficient (Wildman–Crippen LogP) is 4.80. The van der Waals surface area contributed by atoms with Crippen LogP contribution in [0.3, 0.4) is 0 Å². The summed E-state index contributed by atoms with van der Waals surface area (Å²) in [5, 5.41) is 16.4. The number of hydrogen-bond acceptors (Lipinski definition) is 6. The van der Waals surface area contributed by atoms with Crippen molar-refractivity contribution in [2.45, 2.75) is 36.4 Å². The van der Waals surface area contributed by atoms with E-state index in [1.54, 1.807) is 33.8 Å². The first-order chi connectivity index (χ1) is 14.8. The minimum absolute atomic E-state index is 0.200. The van der Waals surface area contributed by atoms with Crippen molar-refractivity contribution in [3.8, 4) is 16.4 Å². The molecular weight excluding hydrogens is 421 g/mol. The molecule has 1 aliphatic rings. The topological polar surface area (TPSA) is 57.8 Å². The fourth-order valence-electron chi connectivity index (χ4n) is 3.48. The number of nitrogens with zero attached hydrogens (tertiary/aromatic N) is 5. The highest BCUT2D eigenvalue weighted by Crippen LogP contribution is 2.30. The average molecular weight is 442 g/mol. The smallest absolute Gasteiger partial charge is 0.191 e. The minimum Gasteiger partial charge on any atom is -0.376 e. The number of ether oxygens (including phenoxy) is 1. The molecule has 9 heteroatoms. The first-order valence-corrected chi connectivity index (χ1v) is 11.6. The van der Waals surface area contributed by atoms with E-state index in [9.17, 15) is 4.39 Å². The monoisotopic (exact) mass is 441 g/mol. The summed E-state index contributed by atoms with van der Waals surface area (Å²) in [6, 6.07) is 12.4. The lowest BCUT2D eigenvalue weighted by atomic mass is 10.2. The highest BCUT2D eigenvalue weighted by Gasteiger charge is 2.22. The summed E-state index contributed by atoms with van der Waals surface area (Å²) in [6.07, 6.45) is 4.20. The van der Waals surface area contributed by atoms with Crippen LogP contribution in [-0.2, 0) is 17.0 Å². The summed E-state index contributed by atoms with van der Waals surface area (Å²) in [4.78, 5) is 1.10. The fraction of sp³-hybridized carbons (Fsp3) is 0.286. The van der Waals surface area contributed by atoms with Gasteiger partial charge >= 0.3 is 0 Å². The largest absolute Gasteiger partial charge is 0.376 e. The molecule has 154 valence electrons. The minimum atomic E-state index is -0.276. The molecule has 0 aliphatic carbocycles. The fourth-order valence-corrected chi connectivity index (χ4v) is 5.04. The zero-order valence-corrected chi connectivity index (χ0v) is 17.8. The summed E-state index contributed by atoms with van der Waals surface area (Å²) in [5.74, 6) is 1.26. The van der Waals surface area contributed by atoms with E-state index in [1.807, 2.05) is 29.8 Å². The molecule has 1 unspecified atom stereocenters. The van der Waals surface area contributed by atoms with Gasteiger partial charge in [-0.05, 0) is 48.6 Å². The van der Waals surface area contributed by atoms with Crippen LogP contribution >= 0.6 is 23.1 Å². The Morgan fingerprint density at radius 1 is 1.20 bits per heavy atom. The van der Waals surface area contributed by atoms with Gasteiger partial charge in [-0.3, -0.25) is 4.57 Å². The molecule has 0 amide bonds. The zero-order valence-electron chi connectivity index (χ0n) is 16.1. The second-order valence-corrected chi connectivity index (χ2v) is 8.94. The Bertz CT molecular complexity index is 1120. The Morgan fingerprint density at radius 2 is 2.17 bits per heavy atom. The molecule has 4 heterocycles. The lowest BCUT2D eigenvalue weighted by Gasteiger charge is -2.14. The van der Waals surface area contributed by atoms with Crippen molar-refractivity contribution in [3.63, 3.8) is 0 Å². The molecule has 0 N–H and O–H groups in total. The van der Waals surface area contributed by atoms with Crippen molar-refractivity contribution in [2.75, 3.05) is 6.61 Å². The summed E-state index contributed by atoms with van der Waals surface area (Å²) >= 11 is 3.26. The summed E-state index contributed by atoms with van der Waals surface area (Å²) in [7, 11) is 0. The number of rotatable bonds is 7. The summed E-state index contributed by atoms with van der Waals surface area (Å²) in [6.45, 7) is 1.57. The molecule has 0 radical (unpaired) electrons. The summed E-state index contributed by atoms with van der Waals surface area (Å²) in [5.41, 5.74) is 1.60. The van der Waals surface area contributed by atoms with E-state index in [4.69, 9.17) is 4.74 Å². The van der Waals surface area contributed by atoms with Crippen LogP contribution < -0.4 is 0 Å². The molecule has 5 rings (SSSR count). The van der Waals surface area contributed by atoms with Gasteiger partial charge in [0.15, 0.2) is 11.0 Å². The van der Waals surface area contributed by atoms with Crippen LogP contribution in [0.1, 0.15) is 18.5 Å². The van der Waals surface area contributed by atoms with Crippen molar-refractivity contribution in [1.82, 2.24) is 24.5 Å². The standard InChI is InChI=1S/C21H20FN5OS2/c22-15-4-1-5-17(12-15)27-9-8-16(25-27)14-30-21-24-23-20(19-7-3-11-29-19)26(21)13-18-6-2-10-28-18/h1,3-5,7-9,11-12,18H,2,6,10,13-14H2. The van der Waals surface area contributed by atoms with E-state index < -0.39 is 0 Å². The Balaban J connectivity index is 1.35. The third-order valence-electron chi connectivity index (χ3n) is 4.93. The number of halogens is 1. The second kappa shape index (κ2) is 8.71. The van der Waals surface area contributed by atoms with Gasteiger partial charge < -0.3 is 4.74 Å². The lowest BCUT2D eigenvalue weighted by Crippen LogP contribution is -2.16. The molecule has 1 atom stereocenters. The maximum atomic E-state index is 13.5. The highest BCUT2D eigenvalue weighted by atomic mass is 32.2. The van der Waals surface area contributed by atoms with Crippen LogP contribution in [0.4, 0.5) is 4.39 Å². The SMILES string of the molecule is Fc1cccc(-n2ccc(CSc3nnc(-c4cccs4)n3CC3CCCO3)n2)c1. The van der Waals surface area contributed by atoms with Crippen molar-refractivity contribution in [1.29, 1.82) is 0 Å². The maximum Gasteiger partial charge on any atom is 0.191 e. The summed E-state index contributed by atoms with van der Waals surface area (Å²) < 4.78 is 23.2. The molecule has 1 aliphatic heterocycles. The van der Waals surface area contributed by atoms with Gasteiger partial charge in [0.1, 0.15) is 5.82 Å². The number of thioether (sulfide) groups is 1. The number of hydrogen-bond donors (Lipinski definition) is 0. The molecule has 1 fully saturated rings. The number of aromatic nitrogens is 5. The quantitative estimate of drug-likeness (QED) is 0.386. The number of thiophene rings is 1. The van der Waals surface area contributed by atoms with E-state index in [0.717, 1.165) is 47.5 Å². The van der Waals surface area contributed by atoms with Crippen LogP contribution in [-0.4, -0.2) is 37.3 Å². The van der Waals surface area contributed by atoms with Crippen molar-refractivity contribution in [2.24, 2.45) is 0 Å². The maximum absolute atomic E-state index is 13.5. The Kier molecular flexibility index (Phi) is 5.65. The van der Waals surface area contributed by atoms with Crippen LogP contribution in [0.25, 0.3) is 16.4 Å². The molecule has 4 aromatic rings. The van der Waals surface area contributed by atoms with E-state index in [-0.39, 0.29) is 11.9 Å². The van der Waals surface area contributed by atoms with Crippen LogP contribution in [0.5, 0.6) is 0 Å². The molecule has 0 saturated carbocycles. The molecule has 1 saturated heterocycles. The van der Waals surface area contributed by atoms with E-state index in [1.165, 1.54) is 12.1 Å². The van der Waals surface area contributed by atoms with Gasteiger partial charge in [-0.1, -0.05) is 23.9 Å². The van der Waals surface area contributed by atoms with Gasteiger partial charge in [-0.15, -0.1) is 21.5 Å². The first kappa shape index (κ1) is 19.5. The first-order valence-electron chi connectivity index (χ1n) is 9.78. The van der Waals surface area contributed by atoms with Crippen molar-refractivity contribution >= 4 is 23.1 Å². The van der Waals surface area contributed by atoms with E-state index >= 15 is 0 Å². The molecular formula is C21H20FN5OS2. The molecule has 1 aromatic carbocycles. The van der Waals surface area contributed by atoms with E-state index in [2.05, 4.69) is 25.9 Å². The van der Waals surface area contributed by atoms with Gasteiger partial charge in [0.2, 0.25) is 0 Å². The lowest BCUT2D eigenvalue weighted by molar-refractivity contribution is 0.0953. The van der Waals surface area contributed by atoms with Gasteiger partial charge in [-0.2, -0.15) is 5.10 Å². The average Bonchev–Trinajstić information content (AvgIpc) is 3.54. The van der Waals surface area contributed by atoms with Crippen LogP contribution in [0, 0.1) is 5.82 Å². The van der Waals surface area contributed by atoms with Gasteiger partial charge in [0.25, 0.3) is 0 Å². The third kappa shape index (κ3) is 4.19. The molecule has 6 nitrogen and oxygen atoms in total.